The Hall–Kier alpha value is -1.34. The van der Waals surface area contributed by atoms with E-state index in [1.807, 2.05) is 30.9 Å². The first-order valence-corrected chi connectivity index (χ1v) is 11.5. The van der Waals surface area contributed by atoms with E-state index in [1.165, 1.54) is 19.3 Å². The summed E-state index contributed by atoms with van der Waals surface area (Å²) < 4.78 is 5.58. The molecule has 2 heterocycles. The van der Waals surface area contributed by atoms with Crippen LogP contribution in [0.5, 0.6) is 0 Å². The molecule has 3 fully saturated rings. The van der Waals surface area contributed by atoms with Crippen LogP contribution in [0.3, 0.4) is 0 Å². The molecular weight excluding hydrogens is 368 g/mol. The van der Waals surface area contributed by atoms with Crippen LogP contribution < -0.4 is 0 Å². The molecule has 29 heavy (non-hydrogen) atoms. The maximum absolute atomic E-state index is 12.9. The highest BCUT2D eigenvalue weighted by Gasteiger charge is 2.35. The third kappa shape index (κ3) is 5.85. The van der Waals surface area contributed by atoms with Crippen LogP contribution in [-0.2, 0) is 9.53 Å². The maximum atomic E-state index is 12.9. The molecule has 2 saturated heterocycles. The van der Waals surface area contributed by atoms with Gasteiger partial charge in [-0.15, -0.1) is 0 Å². The lowest BCUT2D eigenvalue weighted by molar-refractivity contribution is -0.135. The standard InChI is InChI=1S/C22H40N4O3/c1-23(2)22(28)25-12-9-20(17-25)26(19-10-15-29-16-11-19)14-13-24(3)21(27)18-7-5-4-6-8-18/h18-20H,4-17H2,1-3H3. The average molecular weight is 409 g/mol. The molecule has 0 aromatic rings. The second-order valence-electron chi connectivity index (χ2n) is 9.24. The minimum atomic E-state index is 0.101. The van der Waals surface area contributed by atoms with Crippen LogP contribution in [0.2, 0.25) is 0 Å². The van der Waals surface area contributed by atoms with E-state index in [0.29, 0.717) is 18.0 Å². The Morgan fingerprint density at radius 2 is 1.59 bits per heavy atom. The zero-order chi connectivity index (χ0) is 20.8. The molecule has 7 heteroatoms. The number of hydrogen-bond acceptors (Lipinski definition) is 4. The number of urea groups is 1. The van der Waals surface area contributed by atoms with Crippen molar-refractivity contribution in [1.82, 2.24) is 19.6 Å². The quantitative estimate of drug-likeness (QED) is 0.677. The fourth-order valence-electron chi connectivity index (χ4n) is 5.19. The van der Waals surface area contributed by atoms with E-state index in [2.05, 4.69) is 4.90 Å². The van der Waals surface area contributed by atoms with Gasteiger partial charge in [-0.05, 0) is 32.1 Å². The van der Waals surface area contributed by atoms with Crippen LogP contribution in [0.4, 0.5) is 4.79 Å². The highest BCUT2D eigenvalue weighted by molar-refractivity contribution is 5.78. The predicted octanol–water partition coefficient (Wildman–Crippen LogP) is 2.26. The summed E-state index contributed by atoms with van der Waals surface area (Å²) in [4.78, 5) is 33.4. The first-order chi connectivity index (χ1) is 14.0. The Labute approximate surface area is 176 Å². The normalized spacial score (nSPS) is 24.1. The van der Waals surface area contributed by atoms with Gasteiger partial charge in [-0.1, -0.05) is 19.3 Å². The van der Waals surface area contributed by atoms with E-state index in [9.17, 15) is 9.59 Å². The molecule has 0 aromatic carbocycles. The van der Waals surface area contributed by atoms with E-state index >= 15 is 0 Å². The molecule has 0 radical (unpaired) electrons. The lowest BCUT2D eigenvalue weighted by Gasteiger charge is -2.39. The molecule has 2 aliphatic heterocycles. The monoisotopic (exact) mass is 408 g/mol. The van der Waals surface area contributed by atoms with E-state index in [0.717, 1.165) is 71.5 Å². The number of nitrogens with zero attached hydrogens (tertiary/aromatic N) is 4. The van der Waals surface area contributed by atoms with Gasteiger partial charge in [0.1, 0.15) is 0 Å². The predicted molar refractivity (Wildman–Crippen MR) is 114 cm³/mol. The SMILES string of the molecule is CN(C)C(=O)N1CCC(N(CCN(C)C(=O)C2CCCCC2)C2CCOCC2)C1. The van der Waals surface area contributed by atoms with Crippen LogP contribution in [0.25, 0.3) is 0 Å². The number of likely N-dealkylation sites (N-methyl/N-ethyl adjacent to an activating group) is 1. The van der Waals surface area contributed by atoms with E-state index in [1.54, 1.807) is 4.90 Å². The molecule has 7 nitrogen and oxygen atoms in total. The average Bonchev–Trinajstić information content (AvgIpc) is 3.23. The van der Waals surface area contributed by atoms with Crippen molar-refractivity contribution in [1.29, 1.82) is 0 Å². The molecule has 1 saturated carbocycles. The zero-order valence-corrected chi connectivity index (χ0v) is 18.6. The van der Waals surface area contributed by atoms with Crippen LogP contribution >= 0.6 is 0 Å². The maximum Gasteiger partial charge on any atom is 0.319 e. The highest BCUT2D eigenvalue weighted by atomic mass is 16.5. The summed E-state index contributed by atoms with van der Waals surface area (Å²) in [5.74, 6) is 0.553. The van der Waals surface area contributed by atoms with Gasteiger partial charge in [0.2, 0.25) is 5.91 Å². The molecule has 1 unspecified atom stereocenters. The van der Waals surface area contributed by atoms with Crippen molar-refractivity contribution in [2.45, 2.75) is 63.5 Å². The molecular formula is C22H40N4O3. The van der Waals surface area contributed by atoms with Crippen molar-refractivity contribution in [2.75, 3.05) is 60.5 Å². The summed E-state index contributed by atoms with van der Waals surface area (Å²) in [6, 6.07) is 0.963. The van der Waals surface area contributed by atoms with Gasteiger partial charge >= 0.3 is 6.03 Å². The summed E-state index contributed by atoms with van der Waals surface area (Å²) in [5.41, 5.74) is 0. The third-order valence-electron chi connectivity index (χ3n) is 6.97. The summed E-state index contributed by atoms with van der Waals surface area (Å²) in [5, 5.41) is 0. The van der Waals surface area contributed by atoms with Gasteiger partial charge in [-0.3, -0.25) is 9.69 Å². The fraction of sp³-hybridized carbons (Fsp3) is 0.909. The van der Waals surface area contributed by atoms with Crippen molar-refractivity contribution >= 4 is 11.9 Å². The lowest BCUT2D eigenvalue weighted by Crippen LogP contribution is -2.51. The van der Waals surface area contributed by atoms with Gasteiger partial charge < -0.3 is 19.4 Å². The number of carbonyl (C=O) groups excluding carboxylic acids is 2. The molecule has 0 bridgehead atoms. The van der Waals surface area contributed by atoms with Crippen LogP contribution in [-0.4, -0.2) is 104 Å². The molecule has 3 aliphatic rings. The highest BCUT2D eigenvalue weighted by Crippen LogP contribution is 2.26. The van der Waals surface area contributed by atoms with Crippen LogP contribution in [0, 0.1) is 5.92 Å². The second-order valence-corrected chi connectivity index (χ2v) is 9.24. The number of likely N-dealkylation sites (tertiary alicyclic amines) is 1. The Bertz CT molecular complexity index is 544. The zero-order valence-electron chi connectivity index (χ0n) is 18.6. The minimum absolute atomic E-state index is 0.101. The van der Waals surface area contributed by atoms with Gasteiger partial charge in [0.05, 0.1) is 0 Å². The Morgan fingerprint density at radius 3 is 2.24 bits per heavy atom. The first-order valence-electron chi connectivity index (χ1n) is 11.5. The molecule has 3 amide bonds. The first kappa shape index (κ1) is 22.3. The number of rotatable bonds is 6. The third-order valence-corrected chi connectivity index (χ3v) is 6.97. The molecule has 0 spiro atoms. The second kappa shape index (κ2) is 10.6. The lowest BCUT2D eigenvalue weighted by atomic mass is 9.88. The number of amides is 3. The summed E-state index contributed by atoms with van der Waals surface area (Å²) in [6.45, 7) is 4.88. The van der Waals surface area contributed by atoms with Crippen LogP contribution in [0.15, 0.2) is 0 Å². The molecule has 1 atom stereocenters. The van der Waals surface area contributed by atoms with E-state index in [-0.39, 0.29) is 11.9 Å². The molecule has 1 aliphatic carbocycles. The Balaban J connectivity index is 1.58. The van der Waals surface area contributed by atoms with Crippen molar-refractivity contribution in [3.63, 3.8) is 0 Å². The largest absolute Gasteiger partial charge is 0.381 e. The topological polar surface area (TPSA) is 56.3 Å². The van der Waals surface area contributed by atoms with Gasteiger partial charge in [-0.25, -0.2) is 4.79 Å². The number of carbonyl (C=O) groups is 2. The van der Waals surface area contributed by atoms with Crippen LogP contribution in [0.1, 0.15) is 51.4 Å². The molecule has 3 rings (SSSR count). The summed E-state index contributed by atoms with van der Waals surface area (Å²) in [7, 11) is 5.60. The summed E-state index contributed by atoms with van der Waals surface area (Å²) >= 11 is 0. The number of ether oxygens (including phenoxy) is 1. The van der Waals surface area contributed by atoms with Gasteiger partial charge in [0, 0.05) is 78.5 Å². The summed E-state index contributed by atoms with van der Waals surface area (Å²) in [6.07, 6.45) is 8.85. The Morgan fingerprint density at radius 1 is 0.897 bits per heavy atom. The molecule has 166 valence electrons. The van der Waals surface area contributed by atoms with Crippen molar-refractivity contribution in [2.24, 2.45) is 5.92 Å². The van der Waals surface area contributed by atoms with Gasteiger partial charge in [-0.2, -0.15) is 0 Å². The molecule has 0 aromatic heterocycles. The van der Waals surface area contributed by atoms with Crippen molar-refractivity contribution < 1.29 is 14.3 Å². The van der Waals surface area contributed by atoms with E-state index in [4.69, 9.17) is 4.74 Å². The minimum Gasteiger partial charge on any atom is -0.381 e. The van der Waals surface area contributed by atoms with Gasteiger partial charge in [0.15, 0.2) is 0 Å². The smallest absolute Gasteiger partial charge is 0.319 e. The van der Waals surface area contributed by atoms with E-state index < -0.39 is 0 Å². The molecule has 0 N–H and O–H groups in total. The van der Waals surface area contributed by atoms with Crippen molar-refractivity contribution in [3.05, 3.63) is 0 Å². The number of hydrogen-bond donors (Lipinski definition) is 0. The fourth-order valence-corrected chi connectivity index (χ4v) is 5.19. The van der Waals surface area contributed by atoms with Crippen molar-refractivity contribution in [3.8, 4) is 0 Å². The van der Waals surface area contributed by atoms with Gasteiger partial charge in [0.25, 0.3) is 0 Å². The Kier molecular flexibility index (Phi) is 8.18.